The molecular formula is C16H14F3N3OS. The summed E-state index contributed by atoms with van der Waals surface area (Å²) in [5.74, 6) is 0.156. The smallest absolute Gasteiger partial charge is 0.422 e. The first-order valence-electron chi connectivity index (χ1n) is 7.11. The van der Waals surface area contributed by atoms with Crippen molar-refractivity contribution in [2.45, 2.75) is 13.1 Å². The zero-order chi connectivity index (χ0) is 17.5. The van der Waals surface area contributed by atoms with Crippen molar-refractivity contribution in [1.82, 2.24) is 14.5 Å². The van der Waals surface area contributed by atoms with Gasteiger partial charge in [0.25, 0.3) is 0 Å². The van der Waals surface area contributed by atoms with Crippen LogP contribution in [0.1, 0.15) is 5.56 Å². The summed E-state index contributed by atoms with van der Waals surface area (Å²) in [5, 5.41) is 0. The number of alkyl halides is 3. The number of fused-ring (bicyclic) bond motifs is 1. The van der Waals surface area contributed by atoms with Gasteiger partial charge in [-0.1, -0.05) is 12.1 Å². The number of aryl methyl sites for hydroxylation is 1. The molecule has 2 aromatic heterocycles. The topological polar surface area (TPSA) is 42.8 Å². The summed E-state index contributed by atoms with van der Waals surface area (Å²) in [4.78, 5) is 7.43. The molecule has 0 aliphatic heterocycles. The van der Waals surface area contributed by atoms with E-state index in [-0.39, 0.29) is 5.75 Å². The van der Waals surface area contributed by atoms with E-state index in [0.29, 0.717) is 16.0 Å². The molecule has 0 aliphatic rings. The average Bonchev–Trinajstić information content (AvgIpc) is 2.81. The van der Waals surface area contributed by atoms with Gasteiger partial charge in [-0.25, -0.2) is 0 Å². The molecule has 8 heteroatoms. The SMILES string of the molecule is Cc1c(OCC(F)(F)F)ccnc1-c1cccc2c1[nH]c(=S)n2C. The van der Waals surface area contributed by atoms with Gasteiger partial charge in [0.2, 0.25) is 0 Å². The van der Waals surface area contributed by atoms with Gasteiger partial charge >= 0.3 is 6.18 Å². The fourth-order valence-electron chi connectivity index (χ4n) is 2.55. The van der Waals surface area contributed by atoms with Crippen molar-refractivity contribution in [3.63, 3.8) is 0 Å². The number of imidazole rings is 1. The molecule has 0 saturated carbocycles. The lowest BCUT2D eigenvalue weighted by Gasteiger charge is -2.14. The van der Waals surface area contributed by atoms with Crippen molar-refractivity contribution in [3.8, 4) is 17.0 Å². The number of H-pyrrole nitrogens is 1. The molecule has 2 heterocycles. The van der Waals surface area contributed by atoms with Crippen LogP contribution in [0.15, 0.2) is 30.5 Å². The van der Waals surface area contributed by atoms with Gasteiger partial charge in [-0.05, 0) is 31.3 Å². The molecule has 1 N–H and O–H groups in total. The maximum absolute atomic E-state index is 12.4. The fraction of sp³-hybridized carbons (Fsp3) is 0.250. The van der Waals surface area contributed by atoms with Crippen molar-refractivity contribution in [1.29, 1.82) is 0 Å². The Morgan fingerprint density at radius 1 is 1.29 bits per heavy atom. The lowest BCUT2D eigenvalue weighted by atomic mass is 10.0. The molecule has 126 valence electrons. The summed E-state index contributed by atoms with van der Waals surface area (Å²) >= 11 is 5.24. The number of hydrogen-bond acceptors (Lipinski definition) is 3. The lowest BCUT2D eigenvalue weighted by molar-refractivity contribution is -0.153. The quantitative estimate of drug-likeness (QED) is 0.703. The Labute approximate surface area is 140 Å². The van der Waals surface area contributed by atoms with Crippen molar-refractivity contribution >= 4 is 23.3 Å². The molecule has 0 radical (unpaired) electrons. The number of pyridine rings is 1. The van der Waals surface area contributed by atoms with Crippen LogP contribution >= 0.6 is 12.2 Å². The monoisotopic (exact) mass is 353 g/mol. The Kier molecular flexibility index (Phi) is 4.08. The first kappa shape index (κ1) is 16.5. The first-order valence-corrected chi connectivity index (χ1v) is 7.52. The number of para-hydroxylation sites is 1. The highest BCUT2D eigenvalue weighted by Crippen LogP contribution is 2.32. The molecule has 0 bridgehead atoms. The van der Waals surface area contributed by atoms with Crippen molar-refractivity contribution in [2.24, 2.45) is 7.05 Å². The van der Waals surface area contributed by atoms with Crippen molar-refractivity contribution in [3.05, 3.63) is 40.8 Å². The van der Waals surface area contributed by atoms with Gasteiger partial charge < -0.3 is 14.3 Å². The second-order valence-electron chi connectivity index (χ2n) is 5.38. The van der Waals surface area contributed by atoms with E-state index in [9.17, 15) is 13.2 Å². The van der Waals surface area contributed by atoms with E-state index in [4.69, 9.17) is 17.0 Å². The fourth-order valence-corrected chi connectivity index (χ4v) is 2.75. The van der Waals surface area contributed by atoms with E-state index >= 15 is 0 Å². The lowest BCUT2D eigenvalue weighted by Crippen LogP contribution is -2.19. The minimum atomic E-state index is -4.39. The first-order chi connectivity index (χ1) is 11.3. The molecule has 1 aromatic carbocycles. The van der Waals surface area contributed by atoms with Gasteiger partial charge in [-0.15, -0.1) is 0 Å². The van der Waals surface area contributed by atoms with Gasteiger partial charge in [-0.3, -0.25) is 4.98 Å². The van der Waals surface area contributed by atoms with Crippen LogP contribution in [0.2, 0.25) is 0 Å². The largest absolute Gasteiger partial charge is 0.484 e. The molecule has 3 aromatic rings. The number of benzene rings is 1. The standard InChI is InChI=1S/C16H14F3N3OS/c1-9-12(23-8-16(17,18)19)6-7-20-13(9)10-4-3-5-11-14(10)21-15(24)22(11)2/h3-7H,8H2,1-2H3,(H,21,24). The third-order valence-electron chi connectivity index (χ3n) is 3.74. The van der Waals surface area contributed by atoms with Gasteiger partial charge in [0.05, 0.1) is 16.7 Å². The second kappa shape index (κ2) is 5.94. The zero-order valence-electron chi connectivity index (χ0n) is 12.9. The summed E-state index contributed by atoms with van der Waals surface area (Å²) in [7, 11) is 1.84. The average molecular weight is 353 g/mol. The number of halogens is 3. The van der Waals surface area contributed by atoms with Gasteiger partial charge in [0.1, 0.15) is 5.75 Å². The van der Waals surface area contributed by atoms with Crippen molar-refractivity contribution in [2.75, 3.05) is 6.61 Å². The highest BCUT2D eigenvalue weighted by atomic mass is 32.1. The van der Waals surface area contributed by atoms with Crippen LogP contribution in [0.3, 0.4) is 0 Å². The summed E-state index contributed by atoms with van der Waals surface area (Å²) < 4.78 is 44.5. The highest BCUT2D eigenvalue weighted by Gasteiger charge is 2.29. The number of aromatic nitrogens is 3. The maximum Gasteiger partial charge on any atom is 0.422 e. The van der Waals surface area contributed by atoms with Crippen LogP contribution in [-0.4, -0.2) is 27.3 Å². The van der Waals surface area contributed by atoms with Crippen molar-refractivity contribution < 1.29 is 17.9 Å². The number of hydrogen-bond donors (Lipinski definition) is 1. The van der Waals surface area contributed by atoms with E-state index in [1.807, 2.05) is 29.8 Å². The van der Waals surface area contributed by atoms with Crippen LogP contribution in [0, 0.1) is 11.7 Å². The van der Waals surface area contributed by atoms with Crippen LogP contribution in [0.25, 0.3) is 22.3 Å². The summed E-state index contributed by atoms with van der Waals surface area (Å²) in [6, 6.07) is 7.03. The van der Waals surface area contributed by atoms with Crippen LogP contribution < -0.4 is 4.74 Å². The molecule has 4 nitrogen and oxygen atoms in total. The number of aromatic amines is 1. The molecule has 3 rings (SSSR count). The molecule has 0 atom stereocenters. The van der Waals surface area contributed by atoms with Crippen LogP contribution in [0.4, 0.5) is 13.2 Å². The summed E-state index contributed by atoms with van der Waals surface area (Å²) in [5.41, 5.74) is 3.53. The van der Waals surface area contributed by atoms with Crippen LogP contribution in [0.5, 0.6) is 5.75 Å². The highest BCUT2D eigenvalue weighted by molar-refractivity contribution is 7.71. The van der Waals surface area contributed by atoms with Crippen LogP contribution in [-0.2, 0) is 7.05 Å². The van der Waals surface area contributed by atoms with E-state index in [1.165, 1.54) is 12.3 Å². The minimum Gasteiger partial charge on any atom is -0.484 e. The molecule has 0 saturated heterocycles. The van der Waals surface area contributed by atoms with E-state index in [1.54, 1.807) is 6.92 Å². The second-order valence-corrected chi connectivity index (χ2v) is 5.76. The molecule has 0 fully saturated rings. The predicted molar refractivity (Wildman–Crippen MR) is 87.6 cm³/mol. The molecule has 24 heavy (non-hydrogen) atoms. The minimum absolute atomic E-state index is 0.156. The van der Waals surface area contributed by atoms with Gasteiger partial charge in [-0.2, -0.15) is 13.2 Å². The van der Waals surface area contributed by atoms with Gasteiger partial charge in [0.15, 0.2) is 11.4 Å². The number of ether oxygens (including phenoxy) is 1. The summed E-state index contributed by atoms with van der Waals surface area (Å²) in [6.07, 6.45) is -2.95. The Bertz CT molecular complexity index is 959. The molecular weight excluding hydrogens is 339 g/mol. The predicted octanol–water partition coefficient (Wildman–Crippen LogP) is 4.55. The normalized spacial score (nSPS) is 11.9. The summed E-state index contributed by atoms with van der Waals surface area (Å²) in [6.45, 7) is 0.347. The molecule has 0 unspecified atom stereocenters. The number of nitrogens with zero attached hydrogens (tertiary/aromatic N) is 2. The third-order valence-corrected chi connectivity index (χ3v) is 4.12. The van der Waals surface area contributed by atoms with E-state index in [0.717, 1.165) is 16.6 Å². The zero-order valence-corrected chi connectivity index (χ0v) is 13.8. The third kappa shape index (κ3) is 3.01. The Hall–Kier alpha value is -2.35. The Morgan fingerprint density at radius 2 is 2.04 bits per heavy atom. The number of rotatable bonds is 3. The van der Waals surface area contributed by atoms with E-state index < -0.39 is 12.8 Å². The Balaban J connectivity index is 2.11. The molecule has 0 aliphatic carbocycles. The van der Waals surface area contributed by atoms with Gasteiger partial charge in [0, 0.05) is 24.4 Å². The van der Waals surface area contributed by atoms with E-state index in [2.05, 4.69) is 9.97 Å². The Morgan fingerprint density at radius 3 is 2.75 bits per heavy atom. The maximum atomic E-state index is 12.4. The number of nitrogens with one attached hydrogen (secondary N) is 1. The molecule has 0 amide bonds. The molecule has 0 spiro atoms.